The molecule has 2 aliphatic carbocycles. The molecule has 2 saturated heterocycles. The van der Waals surface area contributed by atoms with Gasteiger partial charge in [-0.25, -0.2) is 0 Å². The van der Waals surface area contributed by atoms with Crippen molar-refractivity contribution < 1.29 is 49.6 Å². The molecule has 0 aromatic heterocycles. The van der Waals surface area contributed by atoms with E-state index in [1.165, 1.54) is 0 Å². The molecule has 0 amide bonds. The van der Waals surface area contributed by atoms with Crippen molar-refractivity contribution in [2.75, 3.05) is 13.7 Å². The molecule has 13 atom stereocenters. The number of hydrogen-bond donors (Lipinski definition) is 6. The van der Waals surface area contributed by atoms with Gasteiger partial charge in [0.05, 0.1) is 36.9 Å². The molecule has 4 fully saturated rings. The molecule has 2 aliphatic heterocycles. The molecular weight excluding hydrogens is 412 g/mol. The minimum atomic E-state index is -1.40. The summed E-state index contributed by atoms with van der Waals surface area (Å²) in [5, 5.41) is 61.0. The van der Waals surface area contributed by atoms with E-state index in [1.54, 1.807) is 7.11 Å². The van der Waals surface area contributed by atoms with Gasteiger partial charge in [0.25, 0.3) is 0 Å². The van der Waals surface area contributed by atoms with Crippen molar-refractivity contribution >= 4 is 0 Å². The second-order valence-electron chi connectivity index (χ2n) is 9.64. The summed E-state index contributed by atoms with van der Waals surface area (Å²) in [6.07, 6.45) is -5.00. The molecule has 10 heteroatoms. The normalized spacial score (nSPS) is 53.7. The fraction of sp³-hybridized carbons (Fsp3) is 1.00. The fourth-order valence-corrected chi connectivity index (χ4v) is 5.81. The SMILES string of the molecule is COC1CC(C2[OH+]C3CC(O)CC(O)C3CC2O[C@@H]2OC[C@@H](O)[C@@H](O)[C@@H]2O)CCC1O. The number of aliphatic hydroxyl groups is 8. The molecule has 4 rings (SSSR count). The Balaban J connectivity index is 1.52. The number of rotatable bonds is 4. The van der Waals surface area contributed by atoms with Gasteiger partial charge in [-0.15, -0.1) is 0 Å². The van der Waals surface area contributed by atoms with E-state index in [0.29, 0.717) is 32.1 Å². The molecule has 0 radical (unpaired) electrons. The Morgan fingerprint density at radius 2 is 1.58 bits per heavy atom. The van der Waals surface area contributed by atoms with Crippen LogP contribution in [0, 0.1) is 11.8 Å². The lowest BCUT2D eigenvalue weighted by atomic mass is 9.72. The van der Waals surface area contributed by atoms with Crippen molar-refractivity contribution in [3.05, 3.63) is 0 Å². The van der Waals surface area contributed by atoms with Crippen LogP contribution in [0.1, 0.15) is 38.5 Å². The van der Waals surface area contributed by atoms with E-state index in [4.69, 9.17) is 18.9 Å². The van der Waals surface area contributed by atoms with Crippen LogP contribution in [0.25, 0.3) is 0 Å². The summed E-state index contributed by atoms with van der Waals surface area (Å²) in [5.41, 5.74) is 0. The van der Waals surface area contributed by atoms with Crippen LogP contribution in [0.3, 0.4) is 0 Å². The van der Waals surface area contributed by atoms with Crippen LogP contribution in [0.2, 0.25) is 0 Å². The van der Waals surface area contributed by atoms with Gasteiger partial charge in [-0.1, -0.05) is 0 Å². The van der Waals surface area contributed by atoms with Gasteiger partial charge < -0.3 is 49.6 Å². The maximum Gasteiger partial charge on any atom is 0.186 e. The molecule has 2 heterocycles. The zero-order valence-electron chi connectivity index (χ0n) is 17.8. The average Bonchev–Trinajstić information content (AvgIpc) is 2.74. The summed E-state index contributed by atoms with van der Waals surface area (Å²) in [6, 6.07) is 0. The Hall–Kier alpha value is -0.400. The zero-order valence-corrected chi connectivity index (χ0v) is 17.8. The highest BCUT2D eigenvalue weighted by Gasteiger charge is 2.54. The molecule has 0 bridgehead atoms. The standard InChI is InChI=1S/C21H36O10/c1-28-16-4-9(2-3-12(16)23)20-17(31-21-19(27)18(26)14(25)8-29-21)7-11-13(24)5-10(22)6-15(11)30-20/h9-27H,2-8H2,1H3/p+1/t9?,10?,11?,12?,13?,14-,15?,16?,17?,18-,19+,20?,21+/m1/s1. The summed E-state index contributed by atoms with van der Waals surface area (Å²) < 4.78 is 22.0. The number of methoxy groups -OCH3 is 1. The van der Waals surface area contributed by atoms with E-state index in [2.05, 4.69) is 0 Å². The highest BCUT2D eigenvalue weighted by molar-refractivity contribution is 4.98. The lowest BCUT2D eigenvalue weighted by Crippen LogP contribution is -2.61. The third-order valence-corrected chi connectivity index (χ3v) is 7.61. The van der Waals surface area contributed by atoms with Gasteiger partial charge in [0.15, 0.2) is 18.5 Å². The van der Waals surface area contributed by atoms with Crippen molar-refractivity contribution in [2.45, 2.75) is 106 Å². The highest BCUT2D eigenvalue weighted by atomic mass is 16.7. The number of aliphatic hydroxyl groups excluding tert-OH is 6. The maximum atomic E-state index is 10.6. The lowest BCUT2D eigenvalue weighted by Gasteiger charge is -2.48. The van der Waals surface area contributed by atoms with Crippen LogP contribution in [-0.2, 0) is 14.2 Å². The summed E-state index contributed by atoms with van der Waals surface area (Å²) in [4.78, 5) is 0. The first-order valence-electron chi connectivity index (χ1n) is 11.4. The van der Waals surface area contributed by atoms with E-state index >= 15 is 0 Å². The third kappa shape index (κ3) is 4.93. The van der Waals surface area contributed by atoms with Gasteiger partial charge in [-0.05, 0) is 25.7 Å². The van der Waals surface area contributed by atoms with Crippen LogP contribution in [0.4, 0.5) is 0 Å². The van der Waals surface area contributed by atoms with Gasteiger partial charge in [-0.2, -0.15) is 0 Å². The van der Waals surface area contributed by atoms with E-state index in [0.717, 1.165) is 6.42 Å². The summed E-state index contributed by atoms with van der Waals surface area (Å²) in [7, 11) is 1.57. The molecule has 180 valence electrons. The van der Waals surface area contributed by atoms with Crippen molar-refractivity contribution in [1.29, 1.82) is 0 Å². The predicted molar refractivity (Wildman–Crippen MR) is 106 cm³/mol. The molecule has 0 spiro atoms. The van der Waals surface area contributed by atoms with E-state index in [9.17, 15) is 30.6 Å². The van der Waals surface area contributed by atoms with Crippen LogP contribution < -0.4 is 0 Å². The Morgan fingerprint density at radius 3 is 2.32 bits per heavy atom. The molecule has 0 aromatic carbocycles. The first kappa shape index (κ1) is 23.7. The smallest absolute Gasteiger partial charge is 0.186 e. The molecule has 0 aromatic rings. The largest absolute Gasteiger partial charge is 0.427 e. The highest BCUT2D eigenvalue weighted by Crippen LogP contribution is 2.42. The molecule has 31 heavy (non-hydrogen) atoms. The second-order valence-corrected chi connectivity index (χ2v) is 9.64. The fourth-order valence-electron chi connectivity index (χ4n) is 5.81. The van der Waals surface area contributed by atoms with E-state index in [-0.39, 0.29) is 36.8 Å². The van der Waals surface area contributed by atoms with Gasteiger partial charge in [0.2, 0.25) is 0 Å². The van der Waals surface area contributed by atoms with E-state index < -0.39 is 49.0 Å². The Labute approximate surface area is 181 Å². The monoisotopic (exact) mass is 449 g/mol. The van der Waals surface area contributed by atoms with Crippen molar-refractivity contribution in [3.63, 3.8) is 0 Å². The first-order chi connectivity index (χ1) is 14.8. The van der Waals surface area contributed by atoms with E-state index in [1.807, 2.05) is 0 Å². The number of ether oxygens (including phenoxy) is 4. The quantitative estimate of drug-likeness (QED) is 0.261. The van der Waals surface area contributed by atoms with Crippen LogP contribution in [0.5, 0.6) is 0 Å². The van der Waals surface area contributed by atoms with Crippen molar-refractivity contribution in [2.24, 2.45) is 11.8 Å². The van der Waals surface area contributed by atoms with Gasteiger partial charge in [-0.3, -0.25) is 0 Å². The van der Waals surface area contributed by atoms with Gasteiger partial charge in [0.1, 0.15) is 24.4 Å². The Bertz CT molecular complexity index is 593. The summed E-state index contributed by atoms with van der Waals surface area (Å²) in [6.45, 7) is -0.153. The minimum Gasteiger partial charge on any atom is -0.427 e. The predicted octanol–water partition coefficient (Wildman–Crippen LogP) is -2.21. The lowest BCUT2D eigenvalue weighted by molar-refractivity contribution is -0.345. The molecule has 9 unspecified atom stereocenters. The number of fused-ring (bicyclic) bond motifs is 1. The summed E-state index contributed by atoms with van der Waals surface area (Å²) >= 11 is 0. The van der Waals surface area contributed by atoms with Crippen molar-refractivity contribution in [1.82, 2.24) is 0 Å². The minimum absolute atomic E-state index is 0.0618. The second kappa shape index (κ2) is 9.84. The molecule has 7 N–H and O–H groups in total. The average molecular weight is 450 g/mol. The van der Waals surface area contributed by atoms with Gasteiger partial charge >= 0.3 is 0 Å². The Morgan fingerprint density at radius 1 is 0.806 bits per heavy atom. The first-order valence-corrected chi connectivity index (χ1v) is 11.4. The maximum absolute atomic E-state index is 10.6. The van der Waals surface area contributed by atoms with Crippen LogP contribution >= 0.6 is 0 Å². The van der Waals surface area contributed by atoms with Crippen LogP contribution in [-0.4, -0.2) is 116 Å². The topological polar surface area (TPSA) is 162 Å². The summed E-state index contributed by atoms with van der Waals surface area (Å²) in [5.74, 6) is -0.111. The molecule has 10 nitrogen and oxygen atoms in total. The number of hydrogen-bond acceptors (Lipinski definition) is 9. The van der Waals surface area contributed by atoms with Gasteiger partial charge in [0, 0.05) is 25.9 Å². The van der Waals surface area contributed by atoms with Crippen LogP contribution in [0.15, 0.2) is 0 Å². The Kier molecular flexibility index (Phi) is 7.54. The molecular formula is C21H37O10+. The zero-order chi connectivity index (χ0) is 22.3. The molecule has 2 saturated carbocycles. The van der Waals surface area contributed by atoms with Crippen molar-refractivity contribution in [3.8, 4) is 0 Å². The third-order valence-electron chi connectivity index (χ3n) is 7.61. The molecule has 4 aliphatic rings.